The molecule has 0 radical (unpaired) electrons. The SMILES string of the molecule is CCOC(=O)CCNC(=O)NC(C)c1nc(C(=O)O)cs1. The van der Waals surface area contributed by atoms with Crippen LogP contribution in [0.2, 0.25) is 0 Å². The van der Waals surface area contributed by atoms with Crippen molar-refractivity contribution in [3.8, 4) is 0 Å². The molecule has 1 unspecified atom stereocenters. The molecule has 0 aromatic carbocycles. The van der Waals surface area contributed by atoms with E-state index in [1.807, 2.05) is 0 Å². The van der Waals surface area contributed by atoms with E-state index in [0.717, 1.165) is 11.3 Å². The van der Waals surface area contributed by atoms with Crippen LogP contribution in [0, 0.1) is 0 Å². The summed E-state index contributed by atoms with van der Waals surface area (Å²) in [7, 11) is 0. The van der Waals surface area contributed by atoms with Crippen LogP contribution < -0.4 is 10.6 Å². The third-order valence-corrected chi connectivity index (χ3v) is 3.41. The topological polar surface area (TPSA) is 118 Å². The Morgan fingerprint density at radius 3 is 2.76 bits per heavy atom. The van der Waals surface area contributed by atoms with Gasteiger partial charge in [-0.05, 0) is 13.8 Å². The lowest BCUT2D eigenvalue weighted by molar-refractivity contribution is -0.142. The van der Waals surface area contributed by atoms with E-state index in [-0.39, 0.29) is 24.6 Å². The normalized spacial score (nSPS) is 11.5. The van der Waals surface area contributed by atoms with Gasteiger partial charge in [-0.1, -0.05) is 0 Å². The van der Waals surface area contributed by atoms with Crippen molar-refractivity contribution in [3.05, 3.63) is 16.1 Å². The van der Waals surface area contributed by atoms with Crippen LogP contribution in [0.5, 0.6) is 0 Å². The van der Waals surface area contributed by atoms with Crippen LogP contribution >= 0.6 is 11.3 Å². The second-order valence-corrected chi connectivity index (χ2v) is 4.94. The van der Waals surface area contributed by atoms with Gasteiger partial charge in [-0.15, -0.1) is 11.3 Å². The Hall–Kier alpha value is -2.16. The zero-order chi connectivity index (χ0) is 15.8. The average Bonchev–Trinajstić information content (AvgIpc) is 2.88. The molecular formula is C12H17N3O5S. The van der Waals surface area contributed by atoms with Gasteiger partial charge in [-0.25, -0.2) is 14.6 Å². The first-order chi connectivity index (χ1) is 9.93. The van der Waals surface area contributed by atoms with Crippen LogP contribution in [-0.2, 0) is 9.53 Å². The van der Waals surface area contributed by atoms with Gasteiger partial charge in [-0.2, -0.15) is 0 Å². The van der Waals surface area contributed by atoms with Crippen molar-refractivity contribution in [3.63, 3.8) is 0 Å². The Bertz CT molecular complexity index is 517. The second-order valence-electron chi connectivity index (χ2n) is 4.05. The largest absolute Gasteiger partial charge is 0.476 e. The quantitative estimate of drug-likeness (QED) is 0.650. The van der Waals surface area contributed by atoms with Gasteiger partial charge < -0.3 is 20.5 Å². The first kappa shape index (κ1) is 16.9. The summed E-state index contributed by atoms with van der Waals surface area (Å²) in [6.07, 6.45) is 0.0933. The summed E-state index contributed by atoms with van der Waals surface area (Å²) in [4.78, 5) is 37.3. The first-order valence-electron chi connectivity index (χ1n) is 6.32. The highest BCUT2D eigenvalue weighted by molar-refractivity contribution is 7.09. The fraction of sp³-hybridized carbons (Fsp3) is 0.500. The summed E-state index contributed by atoms with van der Waals surface area (Å²) in [5, 5.41) is 15.8. The average molecular weight is 315 g/mol. The van der Waals surface area contributed by atoms with E-state index in [4.69, 9.17) is 9.84 Å². The number of esters is 1. The number of amides is 2. The maximum absolute atomic E-state index is 11.6. The summed E-state index contributed by atoms with van der Waals surface area (Å²) in [5.74, 6) is -1.49. The van der Waals surface area contributed by atoms with Crippen molar-refractivity contribution in [1.29, 1.82) is 0 Å². The molecule has 1 rings (SSSR count). The minimum absolute atomic E-state index is 0.0497. The molecule has 9 heteroatoms. The number of urea groups is 1. The molecule has 0 saturated heterocycles. The molecule has 1 aromatic heterocycles. The molecule has 0 saturated carbocycles. The zero-order valence-corrected chi connectivity index (χ0v) is 12.5. The molecule has 0 spiro atoms. The lowest BCUT2D eigenvalue weighted by atomic mass is 10.3. The van der Waals surface area contributed by atoms with Crippen LogP contribution in [0.25, 0.3) is 0 Å². The number of nitrogens with zero attached hydrogens (tertiary/aromatic N) is 1. The van der Waals surface area contributed by atoms with E-state index >= 15 is 0 Å². The molecule has 1 heterocycles. The summed E-state index contributed by atoms with van der Waals surface area (Å²) in [6.45, 7) is 3.86. The third kappa shape index (κ3) is 5.78. The summed E-state index contributed by atoms with van der Waals surface area (Å²) < 4.78 is 4.72. The predicted octanol–water partition coefficient (Wildman–Crippen LogP) is 1.15. The number of hydrogen-bond acceptors (Lipinski definition) is 6. The van der Waals surface area contributed by atoms with Gasteiger partial charge in [0.05, 0.1) is 19.1 Å². The smallest absolute Gasteiger partial charge is 0.355 e. The molecule has 2 amide bonds. The highest BCUT2D eigenvalue weighted by Crippen LogP contribution is 2.17. The highest BCUT2D eigenvalue weighted by atomic mass is 32.1. The van der Waals surface area contributed by atoms with Crippen molar-refractivity contribution in [2.45, 2.75) is 26.3 Å². The van der Waals surface area contributed by atoms with Gasteiger partial charge in [0.15, 0.2) is 5.69 Å². The van der Waals surface area contributed by atoms with Crippen molar-refractivity contribution in [1.82, 2.24) is 15.6 Å². The van der Waals surface area contributed by atoms with Crippen LogP contribution in [0.3, 0.4) is 0 Å². The van der Waals surface area contributed by atoms with E-state index < -0.39 is 18.0 Å². The Morgan fingerprint density at radius 1 is 1.48 bits per heavy atom. The Kier molecular flexibility index (Phi) is 6.60. The molecule has 0 aliphatic carbocycles. The van der Waals surface area contributed by atoms with Crippen molar-refractivity contribution >= 4 is 29.3 Å². The number of thiazole rings is 1. The first-order valence-corrected chi connectivity index (χ1v) is 7.20. The van der Waals surface area contributed by atoms with Crippen molar-refractivity contribution in [2.24, 2.45) is 0 Å². The Balaban J connectivity index is 2.36. The van der Waals surface area contributed by atoms with Crippen molar-refractivity contribution in [2.75, 3.05) is 13.2 Å². The summed E-state index contributed by atoms with van der Waals surface area (Å²) in [5.41, 5.74) is -0.0497. The Labute approximate surface area is 125 Å². The molecule has 0 fully saturated rings. The van der Waals surface area contributed by atoms with E-state index in [1.165, 1.54) is 5.38 Å². The monoisotopic (exact) mass is 315 g/mol. The molecule has 1 atom stereocenters. The lowest BCUT2D eigenvalue weighted by Crippen LogP contribution is -2.38. The molecule has 0 bridgehead atoms. The number of aromatic nitrogens is 1. The number of rotatable bonds is 7. The number of ether oxygens (including phenoxy) is 1. The van der Waals surface area contributed by atoms with Crippen LogP contribution in [0.15, 0.2) is 5.38 Å². The fourth-order valence-corrected chi connectivity index (χ4v) is 2.21. The standard InChI is InChI=1S/C12H17N3O5S/c1-3-20-9(16)4-5-13-12(19)14-7(2)10-15-8(6-21-10)11(17)18/h6-7H,3-5H2,1-2H3,(H,17,18)(H2,13,14,19). The van der Waals surface area contributed by atoms with Gasteiger partial charge >= 0.3 is 18.0 Å². The van der Waals surface area contributed by atoms with E-state index in [0.29, 0.717) is 11.6 Å². The number of nitrogens with one attached hydrogen (secondary N) is 2. The predicted molar refractivity (Wildman–Crippen MR) is 75.3 cm³/mol. The maximum Gasteiger partial charge on any atom is 0.355 e. The number of carbonyl (C=O) groups is 3. The van der Waals surface area contributed by atoms with E-state index in [9.17, 15) is 14.4 Å². The van der Waals surface area contributed by atoms with Gasteiger partial charge in [0.1, 0.15) is 5.01 Å². The van der Waals surface area contributed by atoms with Gasteiger partial charge in [-0.3, -0.25) is 4.79 Å². The second kappa shape index (κ2) is 8.20. The molecule has 8 nitrogen and oxygen atoms in total. The number of carbonyl (C=O) groups excluding carboxylic acids is 2. The minimum atomic E-state index is -1.11. The molecule has 0 aliphatic heterocycles. The summed E-state index contributed by atoms with van der Waals surface area (Å²) in [6, 6.07) is -0.885. The van der Waals surface area contributed by atoms with Gasteiger partial charge in [0.2, 0.25) is 0 Å². The van der Waals surface area contributed by atoms with Crippen molar-refractivity contribution < 1.29 is 24.2 Å². The third-order valence-electron chi connectivity index (χ3n) is 2.38. The van der Waals surface area contributed by atoms with Crippen LogP contribution in [0.4, 0.5) is 4.79 Å². The zero-order valence-electron chi connectivity index (χ0n) is 11.7. The van der Waals surface area contributed by atoms with Crippen LogP contribution in [-0.4, -0.2) is 41.2 Å². The number of carboxylic acid groups (broad SMARTS) is 1. The molecule has 21 heavy (non-hydrogen) atoms. The van der Waals surface area contributed by atoms with Gasteiger partial charge in [0.25, 0.3) is 0 Å². The fourth-order valence-electron chi connectivity index (χ4n) is 1.41. The maximum atomic E-state index is 11.6. The highest BCUT2D eigenvalue weighted by Gasteiger charge is 2.15. The number of carboxylic acids is 1. The molecule has 1 aromatic rings. The minimum Gasteiger partial charge on any atom is -0.476 e. The van der Waals surface area contributed by atoms with Gasteiger partial charge in [0, 0.05) is 11.9 Å². The summed E-state index contributed by atoms with van der Waals surface area (Å²) >= 11 is 1.15. The molecular weight excluding hydrogens is 298 g/mol. The van der Waals surface area contributed by atoms with Crippen LogP contribution in [0.1, 0.15) is 41.8 Å². The van der Waals surface area contributed by atoms with E-state index in [2.05, 4.69) is 15.6 Å². The molecule has 3 N–H and O–H groups in total. The molecule has 116 valence electrons. The van der Waals surface area contributed by atoms with E-state index in [1.54, 1.807) is 13.8 Å². The number of aromatic carboxylic acids is 1. The number of hydrogen-bond donors (Lipinski definition) is 3. The Morgan fingerprint density at radius 2 is 2.19 bits per heavy atom. The lowest BCUT2D eigenvalue weighted by Gasteiger charge is -2.12. The molecule has 0 aliphatic rings.